The van der Waals surface area contributed by atoms with Crippen LogP contribution in [0.25, 0.3) is 0 Å². The first-order chi connectivity index (χ1) is 9.75. The SMILES string of the molecule is CN(C(=O)N1CCOCC1)C1CN(c2ccccn2)C1. The van der Waals surface area contributed by atoms with Gasteiger partial charge in [0.1, 0.15) is 5.82 Å². The summed E-state index contributed by atoms with van der Waals surface area (Å²) in [7, 11) is 1.89. The van der Waals surface area contributed by atoms with E-state index in [1.807, 2.05) is 35.0 Å². The first kappa shape index (κ1) is 13.2. The molecule has 0 N–H and O–H groups in total. The zero-order chi connectivity index (χ0) is 13.9. The summed E-state index contributed by atoms with van der Waals surface area (Å²) in [4.78, 5) is 22.6. The lowest BCUT2D eigenvalue weighted by atomic mass is 10.1. The Morgan fingerprint density at radius 1 is 1.35 bits per heavy atom. The van der Waals surface area contributed by atoms with Crippen molar-refractivity contribution in [2.75, 3.05) is 51.3 Å². The van der Waals surface area contributed by atoms with E-state index in [4.69, 9.17) is 4.74 Å². The number of rotatable bonds is 2. The minimum atomic E-state index is 0.110. The van der Waals surface area contributed by atoms with Crippen molar-refractivity contribution in [1.82, 2.24) is 14.8 Å². The number of hydrogen-bond donors (Lipinski definition) is 0. The zero-order valence-electron chi connectivity index (χ0n) is 11.7. The van der Waals surface area contributed by atoms with Crippen LogP contribution in [0.5, 0.6) is 0 Å². The van der Waals surface area contributed by atoms with Crippen LogP contribution in [0.2, 0.25) is 0 Å². The molecule has 2 fully saturated rings. The molecule has 20 heavy (non-hydrogen) atoms. The Morgan fingerprint density at radius 3 is 2.75 bits per heavy atom. The monoisotopic (exact) mass is 276 g/mol. The molecule has 1 aromatic rings. The second-order valence-electron chi connectivity index (χ2n) is 5.24. The van der Waals surface area contributed by atoms with Crippen molar-refractivity contribution in [3.63, 3.8) is 0 Å². The Morgan fingerprint density at radius 2 is 2.10 bits per heavy atom. The molecule has 0 atom stereocenters. The summed E-state index contributed by atoms with van der Waals surface area (Å²) in [6.07, 6.45) is 1.80. The summed E-state index contributed by atoms with van der Waals surface area (Å²) in [6.45, 7) is 4.38. The van der Waals surface area contributed by atoms with E-state index < -0.39 is 0 Å². The van der Waals surface area contributed by atoms with Gasteiger partial charge in [0.15, 0.2) is 0 Å². The van der Waals surface area contributed by atoms with Gasteiger partial charge in [-0.05, 0) is 12.1 Å². The van der Waals surface area contributed by atoms with Gasteiger partial charge in [-0.1, -0.05) is 6.07 Å². The highest BCUT2D eigenvalue weighted by Crippen LogP contribution is 2.21. The van der Waals surface area contributed by atoms with Crippen molar-refractivity contribution in [3.8, 4) is 0 Å². The number of aromatic nitrogens is 1. The second-order valence-corrected chi connectivity index (χ2v) is 5.24. The number of ether oxygens (including phenoxy) is 1. The molecule has 2 aliphatic heterocycles. The van der Waals surface area contributed by atoms with E-state index in [-0.39, 0.29) is 12.1 Å². The summed E-state index contributed by atoms with van der Waals surface area (Å²) in [5, 5.41) is 0. The molecule has 2 amide bonds. The number of morpholine rings is 1. The highest BCUT2D eigenvalue weighted by atomic mass is 16.5. The average molecular weight is 276 g/mol. The molecule has 2 aliphatic rings. The van der Waals surface area contributed by atoms with Crippen molar-refractivity contribution in [1.29, 1.82) is 0 Å². The van der Waals surface area contributed by atoms with Crippen LogP contribution in [0.15, 0.2) is 24.4 Å². The third kappa shape index (κ3) is 2.56. The van der Waals surface area contributed by atoms with Crippen LogP contribution < -0.4 is 4.90 Å². The first-order valence-corrected chi connectivity index (χ1v) is 7.01. The first-order valence-electron chi connectivity index (χ1n) is 7.01. The number of carbonyl (C=O) groups is 1. The van der Waals surface area contributed by atoms with Crippen molar-refractivity contribution < 1.29 is 9.53 Å². The number of pyridine rings is 1. The molecule has 0 aliphatic carbocycles. The fourth-order valence-electron chi connectivity index (χ4n) is 2.56. The van der Waals surface area contributed by atoms with Crippen LogP contribution >= 0.6 is 0 Å². The molecule has 0 aromatic carbocycles. The number of anilines is 1. The van der Waals surface area contributed by atoms with Gasteiger partial charge < -0.3 is 19.4 Å². The molecule has 6 nitrogen and oxygen atoms in total. The number of likely N-dealkylation sites (N-methyl/N-ethyl adjacent to an activating group) is 1. The lowest BCUT2D eigenvalue weighted by Crippen LogP contribution is -2.62. The molecule has 3 heterocycles. The zero-order valence-corrected chi connectivity index (χ0v) is 11.7. The summed E-state index contributed by atoms with van der Waals surface area (Å²) >= 11 is 0. The minimum Gasteiger partial charge on any atom is -0.378 e. The van der Waals surface area contributed by atoms with Gasteiger partial charge in [-0.15, -0.1) is 0 Å². The Bertz CT molecular complexity index is 456. The van der Waals surface area contributed by atoms with Gasteiger partial charge in [0.2, 0.25) is 0 Å². The minimum absolute atomic E-state index is 0.110. The summed E-state index contributed by atoms with van der Waals surface area (Å²) < 4.78 is 5.28. The van der Waals surface area contributed by atoms with Gasteiger partial charge in [0.25, 0.3) is 0 Å². The predicted octanol–water partition coefficient (Wildman–Crippen LogP) is 0.654. The number of nitrogens with zero attached hydrogens (tertiary/aromatic N) is 4. The van der Waals surface area contributed by atoms with E-state index in [0.29, 0.717) is 26.3 Å². The standard InChI is InChI=1S/C14H20N4O2/c1-16(14(19)17-6-8-20-9-7-17)12-10-18(11-12)13-4-2-3-5-15-13/h2-5,12H,6-11H2,1H3. The smallest absolute Gasteiger partial charge is 0.320 e. The molecular formula is C14H20N4O2. The molecule has 0 bridgehead atoms. The topological polar surface area (TPSA) is 48.9 Å². The third-order valence-corrected chi connectivity index (χ3v) is 3.97. The average Bonchev–Trinajstić information content (AvgIpc) is 2.47. The summed E-state index contributed by atoms with van der Waals surface area (Å²) in [6, 6.07) is 6.28. The molecule has 6 heteroatoms. The van der Waals surface area contributed by atoms with Crippen molar-refractivity contribution in [3.05, 3.63) is 24.4 Å². The molecule has 3 rings (SSSR count). The molecule has 1 aromatic heterocycles. The second kappa shape index (κ2) is 5.66. The predicted molar refractivity (Wildman–Crippen MR) is 75.8 cm³/mol. The van der Waals surface area contributed by atoms with Gasteiger partial charge in [-0.2, -0.15) is 0 Å². The lowest BCUT2D eigenvalue weighted by Gasteiger charge is -2.46. The molecular weight excluding hydrogens is 256 g/mol. The Labute approximate surface area is 118 Å². The number of urea groups is 1. The number of carbonyl (C=O) groups excluding carboxylic acids is 1. The van der Waals surface area contributed by atoms with Crippen molar-refractivity contribution in [2.24, 2.45) is 0 Å². The molecule has 0 radical (unpaired) electrons. The molecule has 108 valence electrons. The fourth-order valence-corrected chi connectivity index (χ4v) is 2.56. The fraction of sp³-hybridized carbons (Fsp3) is 0.571. The van der Waals surface area contributed by atoms with E-state index in [9.17, 15) is 4.79 Å². The Kier molecular flexibility index (Phi) is 3.73. The molecule has 0 spiro atoms. The summed E-state index contributed by atoms with van der Waals surface area (Å²) in [5.41, 5.74) is 0. The quantitative estimate of drug-likeness (QED) is 0.796. The van der Waals surface area contributed by atoms with Gasteiger partial charge in [-0.25, -0.2) is 9.78 Å². The van der Waals surface area contributed by atoms with Crippen LogP contribution in [0.3, 0.4) is 0 Å². The molecule has 0 saturated carbocycles. The van der Waals surface area contributed by atoms with Crippen molar-refractivity contribution >= 4 is 11.8 Å². The van der Waals surface area contributed by atoms with Gasteiger partial charge in [0.05, 0.1) is 19.3 Å². The normalized spacial score (nSPS) is 19.6. The van der Waals surface area contributed by atoms with Crippen LogP contribution in [0.1, 0.15) is 0 Å². The van der Waals surface area contributed by atoms with Crippen LogP contribution in [-0.2, 0) is 4.74 Å². The third-order valence-electron chi connectivity index (χ3n) is 3.97. The highest BCUT2D eigenvalue weighted by Gasteiger charge is 2.34. The van der Waals surface area contributed by atoms with E-state index >= 15 is 0 Å². The van der Waals surface area contributed by atoms with Crippen LogP contribution in [-0.4, -0.2) is 73.3 Å². The highest BCUT2D eigenvalue weighted by molar-refractivity contribution is 5.75. The van der Waals surface area contributed by atoms with Crippen molar-refractivity contribution in [2.45, 2.75) is 6.04 Å². The lowest BCUT2D eigenvalue weighted by molar-refractivity contribution is 0.0407. The number of hydrogen-bond acceptors (Lipinski definition) is 4. The van der Waals surface area contributed by atoms with E-state index in [1.54, 1.807) is 6.20 Å². The van der Waals surface area contributed by atoms with E-state index in [2.05, 4.69) is 9.88 Å². The molecule has 2 saturated heterocycles. The summed E-state index contributed by atoms with van der Waals surface area (Å²) in [5.74, 6) is 0.982. The van der Waals surface area contributed by atoms with Gasteiger partial charge in [0, 0.05) is 39.4 Å². The maximum absolute atomic E-state index is 12.3. The van der Waals surface area contributed by atoms with Crippen LogP contribution in [0, 0.1) is 0 Å². The van der Waals surface area contributed by atoms with Crippen LogP contribution in [0.4, 0.5) is 10.6 Å². The van der Waals surface area contributed by atoms with Gasteiger partial charge in [-0.3, -0.25) is 0 Å². The Hall–Kier alpha value is -1.82. The van der Waals surface area contributed by atoms with E-state index in [1.165, 1.54) is 0 Å². The largest absolute Gasteiger partial charge is 0.378 e. The van der Waals surface area contributed by atoms with E-state index in [0.717, 1.165) is 18.9 Å². The number of amides is 2. The Balaban J connectivity index is 1.52. The molecule has 0 unspecified atom stereocenters. The maximum Gasteiger partial charge on any atom is 0.320 e. The maximum atomic E-state index is 12.3. The van der Waals surface area contributed by atoms with Gasteiger partial charge >= 0.3 is 6.03 Å².